The van der Waals surface area contributed by atoms with Crippen molar-refractivity contribution in [1.29, 1.82) is 0 Å². The van der Waals surface area contributed by atoms with E-state index in [0.717, 1.165) is 0 Å². The molecule has 98 valence electrons. The molecular formula is C12H13ClF2N2O. The zero-order valence-electron chi connectivity index (χ0n) is 9.50. The Bertz CT molecular complexity index is 459. The maximum Gasteiger partial charge on any atom is 0.252 e. The van der Waals surface area contributed by atoms with Crippen molar-refractivity contribution in [2.45, 2.75) is 30.8 Å². The molecule has 0 spiro atoms. The summed E-state index contributed by atoms with van der Waals surface area (Å²) in [7, 11) is 0. The van der Waals surface area contributed by atoms with Crippen LogP contribution in [0, 0.1) is 0 Å². The molecule has 1 amide bonds. The third kappa shape index (κ3) is 2.79. The Hall–Kier alpha value is -1.20. The summed E-state index contributed by atoms with van der Waals surface area (Å²) in [5, 5.41) is 2.88. The van der Waals surface area contributed by atoms with Gasteiger partial charge in [0.05, 0.1) is 0 Å². The van der Waals surface area contributed by atoms with Crippen molar-refractivity contribution < 1.29 is 13.6 Å². The Morgan fingerprint density at radius 2 is 2.06 bits per heavy atom. The Labute approximate surface area is 108 Å². The second-order valence-corrected chi connectivity index (χ2v) is 4.88. The highest BCUT2D eigenvalue weighted by molar-refractivity contribution is 6.31. The molecule has 0 bridgehead atoms. The summed E-state index contributed by atoms with van der Waals surface area (Å²) < 4.78 is 25.2. The Balaban J connectivity index is 1.96. The average molecular weight is 275 g/mol. The first kappa shape index (κ1) is 13.2. The zero-order chi connectivity index (χ0) is 13.3. The van der Waals surface area contributed by atoms with E-state index in [9.17, 15) is 13.6 Å². The van der Waals surface area contributed by atoms with Crippen molar-refractivity contribution in [3.8, 4) is 0 Å². The van der Waals surface area contributed by atoms with E-state index in [0.29, 0.717) is 10.6 Å². The molecule has 1 fully saturated rings. The summed E-state index contributed by atoms with van der Waals surface area (Å²) in [5.74, 6) is -3.14. The van der Waals surface area contributed by atoms with Gasteiger partial charge in [0.15, 0.2) is 0 Å². The van der Waals surface area contributed by atoms with Gasteiger partial charge in [0, 0.05) is 23.9 Å². The van der Waals surface area contributed by atoms with E-state index in [-0.39, 0.29) is 12.8 Å². The van der Waals surface area contributed by atoms with E-state index in [1.54, 1.807) is 24.3 Å². The minimum absolute atomic E-state index is 0.325. The normalized spacial score (nSPS) is 20.0. The van der Waals surface area contributed by atoms with Crippen LogP contribution in [-0.4, -0.2) is 17.9 Å². The van der Waals surface area contributed by atoms with Gasteiger partial charge in [0.2, 0.25) is 5.91 Å². The fraction of sp³-hybridized carbons (Fsp3) is 0.417. The predicted molar refractivity (Wildman–Crippen MR) is 64.5 cm³/mol. The molecular weight excluding hydrogens is 262 g/mol. The molecule has 3 N–H and O–H groups in total. The van der Waals surface area contributed by atoms with E-state index < -0.39 is 23.9 Å². The molecule has 6 heteroatoms. The van der Waals surface area contributed by atoms with Crippen LogP contribution in [0.2, 0.25) is 5.02 Å². The van der Waals surface area contributed by atoms with Crippen molar-refractivity contribution in [3.05, 3.63) is 34.9 Å². The number of amides is 1. The molecule has 0 saturated heterocycles. The number of alkyl halides is 2. The van der Waals surface area contributed by atoms with Gasteiger partial charge in [0.1, 0.15) is 6.04 Å². The highest BCUT2D eigenvalue weighted by Crippen LogP contribution is 2.37. The number of carbonyl (C=O) groups is 1. The largest absolute Gasteiger partial charge is 0.351 e. The van der Waals surface area contributed by atoms with Gasteiger partial charge in [-0.05, 0) is 11.6 Å². The van der Waals surface area contributed by atoms with E-state index in [4.69, 9.17) is 17.3 Å². The van der Waals surface area contributed by atoms with Gasteiger partial charge >= 0.3 is 0 Å². The number of halogens is 3. The molecule has 0 heterocycles. The summed E-state index contributed by atoms with van der Waals surface area (Å²) in [6.45, 7) is 0. The molecule has 3 nitrogen and oxygen atoms in total. The van der Waals surface area contributed by atoms with Crippen LogP contribution >= 0.6 is 11.6 Å². The van der Waals surface area contributed by atoms with E-state index in [1.807, 2.05) is 0 Å². The minimum atomic E-state index is -2.66. The van der Waals surface area contributed by atoms with E-state index in [2.05, 4.69) is 5.32 Å². The molecule has 0 aromatic heterocycles. The topological polar surface area (TPSA) is 55.1 Å². The number of benzene rings is 1. The highest BCUT2D eigenvalue weighted by atomic mass is 35.5. The number of nitrogens with two attached hydrogens (primary N) is 1. The van der Waals surface area contributed by atoms with Crippen LogP contribution in [0.5, 0.6) is 0 Å². The third-order valence-corrected chi connectivity index (χ3v) is 3.30. The second kappa shape index (κ2) is 4.82. The first-order chi connectivity index (χ1) is 8.39. The second-order valence-electron chi connectivity index (χ2n) is 4.47. The quantitative estimate of drug-likeness (QED) is 0.888. The lowest BCUT2D eigenvalue weighted by Crippen LogP contribution is -2.52. The summed E-state index contributed by atoms with van der Waals surface area (Å²) in [5.41, 5.74) is 6.24. The lowest BCUT2D eigenvalue weighted by molar-refractivity contribution is -0.130. The average Bonchev–Trinajstić information content (AvgIpc) is 2.26. The maximum atomic E-state index is 12.6. The van der Waals surface area contributed by atoms with Gasteiger partial charge in [-0.15, -0.1) is 0 Å². The van der Waals surface area contributed by atoms with Crippen molar-refractivity contribution in [3.63, 3.8) is 0 Å². The number of hydrogen-bond acceptors (Lipinski definition) is 2. The van der Waals surface area contributed by atoms with Gasteiger partial charge in [-0.3, -0.25) is 4.79 Å². The van der Waals surface area contributed by atoms with E-state index in [1.165, 1.54) is 0 Å². The SMILES string of the molecule is N[C@H](C(=O)NC1CC(F)(F)C1)c1ccccc1Cl. The molecule has 1 aromatic rings. The number of carbonyl (C=O) groups excluding carboxylic acids is 1. The predicted octanol–water partition coefficient (Wildman–Crippen LogP) is 2.25. The molecule has 2 rings (SSSR count). The number of rotatable bonds is 3. The summed E-state index contributed by atoms with van der Waals surface area (Å²) >= 11 is 5.91. The van der Waals surface area contributed by atoms with Crippen LogP contribution in [0.3, 0.4) is 0 Å². The van der Waals surface area contributed by atoms with Crippen molar-refractivity contribution in [2.24, 2.45) is 5.73 Å². The fourth-order valence-corrected chi connectivity index (χ4v) is 2.18. The molecule has 1 atom stereocenters. The van der Waals surface area contributed by atoms with Crippen LogP contribution in [-0.2, 0) is 4.79 Å². The summed E-state index contributed by atoms with van der Waals surface area (Å²) in [6.07, 6.45) is -0.651. The molecule has 0 unspecified atom stereocenters. The monoisotopic (exact) mass is 274 g/mol. The molecule has 1 saturated carbocycles. The lowest BCUT2D eigenvalue weighted by atomic mass is 9.88. The van der Waals surface area contributed by atoms with Crippen molar-refractivity contribution in [1.82, 2.24) is 5.32 Å². The van der Waals surface area contributed by atoms with Crippen molar-refractivity contribution >= 4 is 17.5 Å². The minimum Gasteiger partial charge on any atom is -0.351 e. The number of nitrogens with one attached hydrogen (secondary N) is 1. The first-order valence-corrected chi connectivity index (χ1v) is 5.95. The van der Waals surface area contributed by atoms with Crippen molar-refractivity contribution in [2.75, 3.05) is 0 Å². The standard InChI is InChI=1S/C12H13ClF2N2O/c13-9-4-2-1-3-8(9)10(16)11(18)17-7-5-12(14,15)6-7/h1-4,7,10H,5-6,16H2,(H,17,18)/t10-/m0/s1. The van der Waals surface area contributed by atoms with Crippen LogP contribution < -0.4 is 11.1 Å². The van der Waals surface area contributed by atoms with Gasteiger partial charge < -0.3 is 11.1 Å². The maximum absolute atomic E-state index is 12.6. The third-order valence-electron chi connectivity index (χ3n) is 2.96. The summed E-state index contributed by atoms with van der Waals surface area (Å²) in [4.78, 5) is 11.8. The first-order valence-electron chi connectivity index (χ1n) is 5.57. The van der Waals surface area contributed by atoms with Crippen LogP contribution in [0.25, 0.3) is 0 Å². The van der Waals surface area contributed by atoms with E-state index >= 15 is 0 Å². The summed E-state index contributed by atoms with van der Waals surface area (Å²) in [6, 6.07) is 5.27. The zero-order valence-corrected chi connectivity index (χ0v) is 10.3. The van der Waals surface area contributed by atoms with Gasteiger partial charge in [-0.2, -0.15) is 0 Å². The molecule has 0 aliphatic heterocycles. The molecule has 1 aliphatic carbocycles. The van der Waals surface area contributed by atoms with Crippen LogP contribution in [0.1, 0.15) is 24.4 Å². The molecule has 18 heavy (non-hydrogen) atoms. The fourth-order valence-electron chi connectivity index (χ4n) is 1.92. The molecule has 1 aliphatic rings. The molecule has 1 aromatic carbocycles. The highest BCUT2D eigenvalue weighted by Gasteiger charge is 2.46. The molecule has 0 radical (unpaired) electrons. The van der Waals surface area contributed by atoms with Gasteiger partial charge in [-0.1, -0.05) is 29.8 Å². The van der Waals surface area contributed by atoms with Crippen LogP contribution in [0.15, 0.2) is 24.3 Å². The van der Waals surface area contributed by atoms with Crippen LogP contribution in [0.4, 0.5) is 8.78 Å². The Morgan fingerprint density at radius 3 is 2.61 bits per heavy atom. The van der Waals surface area contributed by atoms with Gasteiger partial charge in [-0.25, -0.2) is 8.78 Å². The Kier molecular flexibility index (Phi) is 3.54. The van der Waals surface area contributed by atoms with Gasteiger partial charge in [0.25, 0.3) is 5.92 Å². The smallest absolute Gasteiger partial charge is 0.252 e. The lowest BCUT2D eigenvalue weighted by Gasteiger charge is -2.35. The Morgan fingerprint density at radius 1 is 1.44 bits per heavy atom. The number of hydrogen-bond donors (Lipinski definition) is 2.